The normalized spacial score (nSPS) is 12.9. The van der Waals surface area contributed by atoms with Crippen molar-refractivity contribution in [3.05, 3.63) is 77.3 Å². The van der Waals surface area contributed by atoms with Gasteiger partial charge in [-0.05, 0) is 18.4 Å². The average Bonchev–Trinajstić information content (AvgIpc) is 2.74. The van der Waals surface area contributed by atoms with E-state index in [0.29, 0.717) is 31.0 Å². The lowest BCUT2D eigenvalue weighted by atomic mass is 10.1. The van der Waals surface area contributed by atoms with Gasteiger partial charge in [-0.2, -0.15) is 0 Å². The highest BCUT2D eigenvalue weighted by molar-refractivity contribution is 5.96. The van der Waals surface area contributed by atoms with Gasteiger partial charge in [0.1, 0.15) is 17.3 Å². The average molecular weight is 374 g/mol. The van der Waals surface area contributed by atoms with Crippen molar-refractivity contribution >= 4 is 11.7 Å². The lowest BCUT2D eigenvalue weighted by Gasteiger charge is -2.20. The lowest BCUT2D eigenvalue weighted by Crippen LogP contribution is -2.34. The third-order valence-corrected chi connectivity index (χ3v) is 4.70. The van der Waals surface area contributed by atoms with Gasteiger partial charge in [0.25, 0.3) is 5.91 Å². The first-order chi connectivity index (χ1) is 13.8. The topological polar surface area (TPSA) is 92.7 Å². The van der Waals surface area contributed by atoms with Crippen LogP contribution in [0.1, 0.15) is 33.1 Å². The van der Waals surface area contributed by atoms with Crippen LogP contribution < -0.4 is 10.6 Å². The third-order valence-electron chi connectivity index (χ3n) is 4.70. The van der Waals surface area contributed by atoms with Crippen molar-refractivity contribution in [3.8, 4) is 0 Å². The molecule has 1 aliphatic rings. The number of amides is 1. The fraction of sp³-hybridized carbons (Fsp3) is 0.286. The number of aromatic nitrogens is 4. The lowest BCUT2D eigenvalue weighted by molar-refractivity contribution is 0.0940. The number of nitrogens with zero attached hydrogens (tertiary/aromatic N) is 4. The first kappa shape index (κ1) is 18.0. The monoisotopic (exact) mass is 374 g/mol. The Labute approximate surface area is 163 Å². The first-order valence-corrected chi connectivity index (χ1v) is 9.50. The molecule has 4 rings (SSSR count). The second kappa shape index (κ2) is 8.56. The predicted molar refractivity (Wildman–Crippen MR) is 106 cm³/mol. The van der Waals surface area contributed by atoms with E-state index in [1.807, 2.05) is 18.2 Å². The molecule has 0 saturated carbocycles. The second-order valence-corrected chi connectivity index (χ2v) is 6.68. The Morgan fingerprint density at radius 2 is 1.93 bits per heavy atom. The van der Waals surface area contributed by atoms with Crippen LogP contribution in [-0.4, -0.2) is 38.9 Å². The van der Waals surface area contributed by atoms with Gasteiger partial charge >= 0.3 is 0 Å². The second-order valence-electron chi connectivity index (χ2n) is 6.68. The summed E-state index contributed by atoms with van der Waals surface area (Å²) in [4.78, 5) is 30.0. The van der Waals surface area contributed by atoms with E-state index in [0.717, 1.165) is 36.3 Å². The summed E-state index contributed by atoms with van der Waals surface area (Å²) >= 11 is 0. The van der Waals surface area contributed by atoms with Crippen LogP contribution in [0.2, 0.25) is 0 Å². The highest BCUT2D eigenvalue weighted by Crippen LogP contribution is 2.21. The highest BCUT2D eigenvalue weighted by Gasteiger charge is 2.23. The van der Waals surface area contributed by atoms with Gasteiger partial charge in [0.05, 0.1) is 5.69 Å². The zero-order valence-electron chi connectivity index (χ0n) is 15.6. The standard InChI is InChI=1S/C21H22N6O/c28-21-19-17(9-11-25-21)20(24-10-8-16-14-22-12-13-23-16)27-18(26-19)7-6-15-4-2-1-3-5-15/h1-5,12-14H,6-11H2,(H,25,28)(H,24,26,27). The van der Waals surface area contributed by atoms with E-state index in [-0.39, 0.29) is 5.91 Å². The maximum absolute atomic E-state index is 12.3. The Hall–Kier alpha value is -3.35. The number of nitrogens with one attached hydrogen (secondary N) is 2. The van der Waals surface area contributed by atoms with Gasteiger partial charge in [0, 0.05) is 50.1 Å². The van der Waals surface area contributed by atoms with Gasteiger partial charge in [-0.1, -0.05) is 30.3 Å². The number of carbonyl (C=O) groups is 1. The van der Waals surface area contributed by atoms with Crippen molar-refractivity contribution in [2.75, 3.05) is 18.4 Å². The van der Waals surface area contributed by atoms with Crippen LogP contribution in [0.3, 0.4) is 0 Å². The molecule has 3 aromatic rings. The first-order valence-electron chi connectivity index (χ1n) is 9.50. The van der Waals surface area contributed by atoms with E-state index >= 15 is 0 Å². The molecule has 0 fully saturated rings. The molecule has 7 heteroatoms. The smallest absolute Gasteiger partial charge is 0.270 e. The van der Waals surface area contributed by atoms with Crippen LogP contribution in [0, 0.1) is 0 Å². The van der Waals surface area contributed by atoms with Crippen LogP contribution in [0.15, 0.2) is 48.9 Å². The Bertz CT molecular complexity index is 946. The van der Waals surface area contributed by atoms with Crippen LogP contribution in [0.5, 0.6) is 0 Å². The molecule has 0 bridgehead atoms. The summed E-state index contributed by atoms with van der Waals surface area (Å²) in [5.41, 5.74) is 3.53. The van der Waals surface area contributed by atoms with Crippen LogP contribution in [-0.2, 0) is 25.7 Å². The molecule has 2 aromatic heterocycles. The van der Waals surface area contributed by atoms with Gasteiger partial charge in [-0.25, -0.2) is 9.97 Å². The molecule has 1 aliphatic heterocycles. The molecule has 0 spiro atoms. The predicted octanol–water partition coefficient (Wildman–Crippen LogP) is 1.99. The molecule has 0 unspecified atom stereocenters. The molecule has 7 nitrogen and oxygen atoms in total. The zero-order valence-corrected chi connectivity index (χ0v) is 15.6. The van der Waals surface area contributed by atoms with E-state index in [1.54, 1.807) is 18.6 Å². The van der Waals surface area contributed by atoms with Gasteiger partial charge in [0.2, 0.25) is 0 Å². The summed E-state index contributed by atoms with van der Waals surface area (Å²) in [6, 6.07) is 10.2. The number of rotatable bonds is 7. The quantitative estimate of drug-likeness (QED) is 0.657. The van der Waals surface area contributed by atoms with Crippen molar-refractivity contribution in [1.29, 1.82) is 0 Å². The van der Waals surface area contributed by atoms with Crippen molar-refractivity contribution in [1.82, 2.24) is 25.3 Å². The number of anilines is 1. The Morgan fingerprint density at radius 1 is 1.04 bits per heavy atom. The van der Waals surface area contributed by atoms with Gasteiger partial charge < -0.3 is 10.6 Å². The van der Waals surface area contributed by atoms with Crippen molar-refractivity contribution < 1.29 is 4.79 Å². The molecule has 0 saturated heterocycles. The largest absolute Gasteiger partial charge is 0.369 e. The molecular formula is C21H22N6O. The number of benzene rings is 1. The zero-order chi connectivity index (χ0) is 19.2. The molecule has 0 radical (unpaired) electrons. The fourth-order valence-electron chi connectivity index (χ4n) is 3.27. The van der Waals surface area contributed by atoms with Crippen molar-refractivity contribution in [2.45, 2.75) is 25.7 Å². The summed E-state index contributed by atoms with van der Waals surface area (Å²) in [5, 5.41) is 6.25. The maximum Gasteiger partial charge on any atom is 0.270 e. The SMILES string of the molecule is O=C1NCCc2c(NCCc3cnccn3)nc(CCc3ccccc3)nc21. The molecule has 0 atom stereocenters. The van der Waals surface area contributed by atoms with Gasteiger partial charge in [0.15, 0.2) is 0 Å². The van der Waals surface area contributed by atoms with Gasteiger partial charge in [-0.15, -0.1) is 0 Å². The summed E-state index contributed by atoms with van der Waals surface area (Å²) in [6.07, 6.45) is 8.09. The molecule has 2 N–H and O–H groups in total. The number of hydrogen-bond donors (Lipinski definition) is 2. The number of fused-ring (bicyclic) bond motifs is 1. The molecular weight excluding hydrogens is 352 g/mol. The molecule has 142 valence electrons. The molecule has 1 aromatic carbocycles. The summed E-state index contributed by atoms with van der Waals surface area (Å²) in [7, 11) is 0. The number of hydrogen-bond acceptors (Lipinski definition) is 6. The minimum atomic E-state index is -0.124. The van der Waals surface area contributed by atoms with E-state index in [2.05, 4.69) is 37.7 Å². The van der Waals surface area contributed by atoms with Crippen molar-refractivity contribution in [3.63, 3.8) is 0 Å². The number of aryl methyl sites for hydroxylation is 2. The van der Waals surface area contributed by atoms with Crippen LogP contribution in [0.4, 0.5) is 5.82 Å². The molecule has 0 aliphatic carbocycles. The Kier molecular flexibility index (Phi) is 5.51. The maximum atomic E-state index is 12.3. The summed E-state index contributed by atoms with van der Waals surface area (Å²) in [6.45, 7) is 1.28. The van der Waals surface area contributed by atoms with Gasteiger partial charge in [-0.3, -0.25) is 14.8 Å². The highest BCUT2D eigenvalue weighted by atomic mass is 16.1. The molecule has 1 amide bonds. The van der Waals surface area contributed by atoms with E-state index in [9.17, 15) is 4.79 Å². The van der Waals surface area contributed by atoms with E-state index < -0.39 is 0 Å². The minimum Gasteiger partial charge on any atom is -0.369 e. The molecule has 3 heterocycles. The summed E-state index contributed by atoms with van der Waals surface area (Å²) in [5.74, 6) is 1.31. The van der Waals surface area contributed by atoms with E-state index in [4.69, 9.17) is 4.98 Å². The third kappa shape index (κ3) is 4.31. The van der Waals surface area contributed by atoms with Crippen LogP contribution in [0.25, 0.3) is 0 Å². The number of carbonyl (C=O) groups excluding carboxylic acids is 1. The van der Waals surface area contributed by atoms with Crippen LogP contribution >= 0.6 is 0 Å². The Morgan fingerprint density at radius 3 is 2.75 bits per heavy atom. The minimum absolute atomic E-state index is 0.124. The van der Waals surface area contributed by atoms with E-state index in [1.165, 1.54) is 5.56 Å². The fourth-order valence-corrected chi connectivity index (χ4v) is 3.27. The van der Waals surface area contributed by atoms with Crippen molar-refractivity contribution in [2.24, 2.45) is 0 Å². The molecule has 28 heavy (non-hydrogen) atoms. The summed E-state index contributed by atoms with van der Waals surface area (Å²) < 4.78 is 0. The Balaban J connectivity index is 1.51.